The number of ether oxygens (including phenoxy) is 2. The summed E-state index contributed by atoms with van der Waals surface area (Å²) in [6.45, 7) is 10.5. The first kappa shape index (κ1) is 25.9. The number of nitrogens with zero attached hydrogens (tertiary/aromatic N) is 1. The van der Waals surface area contributed by atoms with Crippen molar-refractivity contribution in [3.05, 3.63) is 83.4 Å². The van der Waals surface area contributed by atoms with Crippen LogP contribution >= 0.6 is 0 Å². The third kappa shape index (κ3) is 6.90. The smallest absolute Gasteiger partial charge is 0.315 e. The van der Waals surface area contributed by atoms with Gasteiger partial charge in [-0.15, -0.1) is 6.58 Å². The molecule has 2 aromatic rings. The number of likely N-dealkylation sites (N-methyl/N-ethyl adjacent to an activating group) is 1. The lowest BCUT2D eigenvalue weighted by atomic mass is 9.90. The van der Waals surface area contributed by atoms with E-state index in [4.69, 9.17) is 9.47 Å². The molecule has 3 rings (SSSR count). The van der Waals surface area contributed by atoms with Crippen molar-refractivity contribution in [2.45, 2.75) is 45.5 Å². The molecule has 1 aliphatic heterocycles. The lowest BCUT2D eigenvalue weighted by Gasteiger charge is -2.42. The lowest BCUT2D eigenvalue weighted by molar-refractivity contribution is -0.275. The van der Waals surface area contributed by atoms with Gasteiger partial charge >= 0.3 is 6.03 Å². The van der Waals surface area contributed by atoms with Gasteiger partial charge in [-0.3, -0.25) is 0 Å². The first-order valence-electron chi connectivity index (χ1n) is 11.9. The normalized spacial score (nSPS) is 22.4. The molecule has 1 saturated heterocycles. The maximum atomic E-state index is 11.7. The van der Waals surface area contributed by atoms with Gasteiger partial charge in [-0.05, 0) is 30.7 Å². The minimum absolute atomic E-state index is 0.0172. The number of carbonyl (C=O) groups is 1. The number of hydrogen-bond donors (Lipinski definition) is 3. The van der Waals surface area contributed by atoms with Gasteiger partial charge in [0, 0.05) is 37.7 Å². The van der Waals surface area contributed by atoms with Crippen molar-refractivity contribution in [3.63, 3.8) is 0 Å². The Morgan fingerprint density at radius 2 is 1.71 bits per heavy atom. The van der Waals surface area contributed by atoms with E-state index >= 15 is 0 Å². The number of aliphatic hydroxyl groups excluding tert-OH is 1. The van der Waals surface area contributed by atoms with Crippen molar-refractivity contribution < 1.29 is 19.4 Å². The first-order chi connectivity index (χ1) is 16.4. The Morgan fingerprint density at radius 3 is 2.32 bits per heavy atom. The summed E-state index contributed by atoms with van der Waals surface area (Å²) < 4.78 is 12.9. The standard InChI is InChI=1S/C27H37N3O4/c1-5-15-30(4)17-24-19(3)25(22-11-9-21(18-31)10-12-22)34-26(33-24)23-13-7-20(8-14-23)16-29-27(32)28-6-2/h5,7-14,19,24-26,31H,1,6,15-18H2,2-4H3,(H2,28,29,32)/t19-,24+,25+,26+/m1/s1. The number of rotatable bonds is 10. The number of hydrogen-bond acceptors (Lipinski definition) is 5. The Hall–Kier alpha value is -2.71. The predicted molar refractivity (Wildman–Crippen MR) is 133 cm³/mol. The summed E-state index contributed by atoms with van der Waals surface area (Å²) >= 11 is 0. The molecular formula is C27H37N3O4. The van der Waals surface area contributed by atoms with E-state index in [1.54, 1.807) is 0 Å². The summed E-state index contributed by atoms with van der Waals surface area (Å²) in [5.41, 5.74) is 3.87. The zero-order chi connectivity index (χ0) is 24.5. The number of carbonyl (C=O) groups excluding carboxylic acids is 1. The third-order valence-electron chi connectivity index (χ3n) is 6.10. The molecule has 0 spiro atoms. The van der Waals surface area contributed by atoms with Crippen LogP contribution in [0.25, 0.3) is 0 Å². The highest BCUT2D eigenvalue weighted by Crippen LogP contribution is 2.41. The van der Waals surface area contributed by atoms with E-state index in [-0.39, 0.29) is 30.8 Å². The fraction of sp³-hybridized carbons (Fsp3) is 0.444. The van der Waals surface area contributed by atoms with Crippen molar-refractivity contribution >= 4 is 6.03 Å². The van der Waals surface area contributed by atoms with Crippen molar-refractivity contribution in [2.75, 3.05) is 26.7 Å². The molecule has 7 heteroatoms. The van der Waals surface area contributed by atoms with E-state index in [0.29, 0.717) is 13.1 Å². The quantitative estimate of drug-likeness (QED) is 0.462. The molecule has 0 radical (unpaired) electrons. The van der Waals surface area contributed by atoms with E-state index in [9.17, 15) is 9.90 Å². The summed E-state index contributed by atoms with van der Waals surface area (Å²) in [5, 5.41) is 15.0. The lowest BCUT2D eigenvalue weighted by Crippen LogP contribution is -2.43. The van der Waals surface area contributed by atoms with Crippen LogP contribution in [0.3, 0.4) is 0 Å². The molecule has 1 heterocycles. The molecule has 1 fully saturated rings. The molecule has 184 valence electrons. The van der Waals surface area contributed by atoms with Gasteiger partial charge in [0.15, 0.2) is 6.29 Å². The van der Waals surface area contributed by atoms with Gasteiger partial charge in [-0.25, -0.2) is 4.79 Å². The van der Waals surface area contributed by atoms with Crippen LogP contribution in [-0.4, -0.2) is 48.8 Å². The fourth-order valence-corrected chi connectivity index (χ4v) is 4.13. The first-order valence-corrected chi connectivity index (χ1v) is 11.9. The van der Waals surface area contributed by atoms with Gasteiger partial charge < -0.3 is 30.1 Å². The second-order valence-corrected chi connectivity index (χ2v) is 8.79. The topological polar surface area (TPSA) is 83.1 Å². The number of nitrogens with one attached hydrogen (secondary N) is 2. The zero-order valence-electron chi connectivity index (χ0n) is 20.4. The van der Waals surface area contributed by atoms with Gasteiger partial charge in [0.25, 0.3) is 0 Å². The number of urea groups is 1. The molecule has 7 nitrogen and oxygen atoms in total. The molecule has 2 amide bonds. The van der Waals surface area contributed by atoms with Crippen LogP contribution in [0.15, 0.2) is 61.2 Å². The summed E-state index contributed by atoms with van der Waals surface area (Å²) in [6.07, 6.45) is 1.20. The molecule has 1 aliphatic rings. The van der Waals surface area contributed by atoms with Crippen LogP contribution in [0.2, 0.25) is 0 Å². The van der Waals surface area contributed by atoms with Gasteiger partial charge in [0.05, 0.1) is 18.8 Å². The summed E-state index contributed by atoms with van der Waals surface area (Å²) in [5.74, 6) is 0.129. The van der Waals surface area contributed by atoms with Gasteiger partial charge in [0.1, 0.15) is 0 Å². The SMILES string of the molecule is C=CCN(C)C[C@@H]1O[C@H](c2ccc(CNC(=O)NCC)cc2)O[C@H](c2ccc(CO)cc2)[C@@H]1C. The molecular weight excluding hydrogens is 430 g/mol. The highest BCUT2D eigenvalue weighted by molar-refractivity contribution is 5.73. The van der Waals surface area contributed by atoms with Crippen molar-refractivity contribution in [3.8, 4) is 0 Å². The van der Waals surface area contributed by atoms with Crippen LogP contribution in [0, 0.1) is 5.92 Å². The van der Waals surface area contributed by atoms with Crippen molar-refractivity contribution in [1.29, 1.82) is 0 Å². The summed E-state index contributed by atoms with van der Waals surface area (Å²) in [6, 6.07) is 15.7. The predicted octanol–water partition coefficient (Wildman–Crippen LogP) is 3.91. The van der Waals surface area contributed by atoms with Crippen LogP contribution in [0.5, 0.6) is 0 Å². The molecule has 0 aliphatic carbocycles. The second-order valence-electron chi connectivity index (χ2n) is 8.79. The Morgan fingerprint density at radius 1 is 1.06 bits per heavy atom. The minimum atomic E-state index is -0.508. The van der Waals surface area contributed by atoms with E-state index in [1.807, 2.05) is 61.5 Å². The third-order valence-corrected chi connectivity index (χ3v) is 6.10. The Labute approximate surface area is 202 Å². The van der Waals surface area contributed by atoms with Crippen molar-refractivity contribution in [2.24, 2.45) is 5.92 Å². The molecule has 4 atom stereocenters. The van der Waals surface area contributed by atoms with Crippen LogP contribution in [0.4, 0.5) is 4.79 Å². The molecule has 0 saturated carbocycles. The van der Waals surface area contributed by atoms with E-state index in [1.165, 1.54) is 0 Å². The molecule has 3 N–H and O–H groups in total. The highest BCUT2D eigenvalue weighted by atomic mass is 16.7. The minimum Gasteiger partial charge on any atom is -0.392 e. The Kier molecular flexibility index (Phi) is 9.65. The van der Waals surface area contributed by atoms with Gasteiger partial charge in [-0.1, -0.05) is 61.5 Å². The fourth-order valence-electron chi connectivity index (χ4n) is 4.13. The second kappa shape index (κ2) is 12.7. The largest absolute Gasteiger partial charge is 0.392 e. The molecule has 0 bridgehead atoms. The maximum absolute atomic E-state index is 11.7. The number of amides is 2. The Bertz CT molecular complexity index is 916. The maximum Gasteiger partial charge on any atom is 0.315 e. The van der Waals surface area contributed by atoms with E-state index in [2.05, 4.69) is 36.1 Å². The Balaban J connectivity index is 1.78. The average Bonchev–Trinajstić information content (AvgIpc) is 2.85. The molecule has 0 aromatic heterocycles. The molecule has 2 aromatic carbocycles. The van der Waals surface area contributed by atoms with Crippen LogP contribution in [-0.2, 0) is 22.6 Å². The van der Waals surface area contributed by atoms with E-state index < -0.39 is 6.29 Å². The van der Waals surface area contributed by atoms with E-state index in [0.717, 1.165) is 35.3 Å². The molecule has 0 unspecified atom stereocenters. The summed E-state index contributed by atoms with van der Waals surface area (Å²) in [7, 11) is 2.06. The van der Waals surface area contributed by atoms with Gasteiger partial charge in [-0.2, -0.15) is 0 Å². The monoisotopic (exact) mass is 467 g/mol. The van der Waals surface area contributed by atoms with Gasteiger partial charge in [0.2, 0.25) is 0 Å². The highest BCUT2D eigenvalue weighted by Gasteiger charge is 2.38. The van der Waals surface area contributed by atoms with Crippen LogP contribution < -0.4 is 10.6 Å². The van der Waals surface area contributed by atoms with Crippen LogP contribution in [0.1, 0.15) is 48.5 Å². The zero-order valence-corrected chi connectivity index (χ0v) is 20.4. The summed E-state index contributed by atoms with van der Waals surface area (Å²) in [4.78, 5) is 13.9. The average molecular weight is 468 g/mol. The number of benzene rings is 2. The number of aliphatic hydroxyl groups is 1. The van der Waals surface area contributed by atoms with Crippen molar-refractivity contribution in [1.82, 2.24) is 15.5 Å². The molecule has 34 heavy (non-hydrogen) atoms.